The molecular weight excluding hydrogens is 286 g/mol. The Hall–Kier alpha value is -2.28. The molecule has 1 amide bonds. The average molecular weight is 311 g/mol. The summed E-state index contributed by atoms with van der Waals surface area (Å²) in [5.41, 5.74) is 1.19. The maximum Gasteiger partial charge on any atom is 0.263 e. The largest absolute Gasteiger partial charge is 0.376 e. The van der Waals surface area contributed by atoms with Gasteiger partial charge >= 0.3 is 0 Å². The second kappa shape index (κ2) is 8.38. The highest BCUT2D eigenvalue weighted by molar-refractivity contribution is 5.97. The Morgan fingerprint density at radius 2 is 1.96 bits per heavy atom. The van der Waals surface area contributed by atoms with Gasteiger partial charge in [-0.05, 0) is 25.3 Å². The Morgan fingerprint density at radius 1 is 1.30 bits per heavy atom. The Labute approximate surface area is 138 Å². The van der Waals surface area contributed by atoms with E-state index < -0.39 is 0 Å². The van der Waals surface area contributed by atoms with Crippen molar-refractivity contribution in [2.24, 2.45) is 0 Å². The van der Waals surface area contributed by atoms with E-state index in [-0.39, 0.29) is 17.5 Å². The quantitative estimate of drug-likeness (QED) is 0.668. The second-order valence-electron chi connectivity index (χ2n) is 6.22. The number of amides is 1. The fraction of sp³-hybridized carbons (Fsp3) is 0.474. The Balaban J connectivity index is 2.00. The number of hydrogen-bond acceptors (Lipinski definition) is 3. The number of rotatable bonds is 5. The van der Waals surface area contributed by atoms with Gasteiger partial charge in [0.25, 0.3) is 5.91 Å². The Kier molecular flexibility index (Phi) is 6.22. The highest BCUT2D eigenvalue weighted by atomic mass is 16.1. The number of carbonyl (C=O) groups is 1. The number of benzene rings is 1. The van der Waals surface area contributed by atoms with E-state index in [9.17, 15) is 10.1 Å². The van der Waals surface area contributed by atoms with Gasteiger partial charge in [0.2, 0.25) is 0 Å². The van der Waals surface area contributed by atoms with Gasteiger partial charge in [-0.25, -0.2) is 0 Å². The fourth-order valence-corrected chi connectivity index (χ4v) is 3.04. The van der Waals surface area contributed by atoms with Crippen molar-refractivity contribution in [1.29, 1.82) is 5.26 Å². The third-order valence-electron chi connectivity index (χ3n) is 4.50. The molecular formula is C19H25N3O. The first-order valence-electron chi connectivity index (χ1n) is 8.31. The SMILES string of the molecule is CC(NC(=O)/C(C#N)=C\N(C)C1CCCCC1)c1ccccc1. The molecule has 0 aromatic heterocycles. The smallest absolute Gasteiger partial charge is 0.263 e. The third-order valence-corrected chi connectivity index (χ3v) is 4.50. The second-order valence-corrected chi connectivity index (χ2v) is 6.22. The molecule has 0 aliphatic heterocycles. The van der Waals surface area contributed by atoms with Gasteiger partial charge in [0.15, 0.2) is 0 Å². The van der Waals surface area contributed by atoms with Crippen LogP contribution < -0.4 is 5.32 Å². The third kappa shape index (κ3) is 4.85. The van der Waals surface area contributed by atoms with Crippen molar-refractivity contribution >= 4 is 5.91 Å². The van der Waals surface area contributed by atoms with E-state index in [1.165, 1.54) is 19.3 Å². The van der Waals surface area contributed by atoms with E-state index in [2.05, 4.69) is 5.32 Å². The predicted molar refractivity (Wildman–Crippen MR) is 91.3 cm³/mol. The first kappa shape index (κ1) is 17.1. The summed E-state index contributed by atoms with van der Waals surface area (Å²) in [5, 5.41) is 12.2. The standard InChI is InChI=1S/C19H25N3O/c1-15(16-9-5-3-6-10-16)21-19(23)17(13-20)14-22(2)18-11-7-4-8-12-18/h3,5-6,9-10,14-15,18H,4,7-8,11-12H2,1-2H3,(H,21,23)/b17-14-. The van der Waals surface area contributed by atoms with Crippen LogP contribution in [0.5, 0.6) is 0 Å². The minimum absolute atomic E-state index is 0.125. The minimum atomic E-state index is -0.313. The summed E-state index contributed by atoms with van der Waals surface area (Å²) in [6.45, 7) is 1.92. The predicted octanol–water partition coefficient (Wildman–Crippen LogP) is 3.54. The van der Waals surface area contributed by atoms with Crippen LogP contribution in [0.15, 0.2) is 42.1 Å². The number of carbonyl (C=O) groups excluding carboxylic acids is 1. The lowest BCUT2D eigenvalue weighted by Crippen LogP contribution is -2.32. The summed E-state index contributed by atoms with van der Waals surface area (Å²) in [6.07, 6.45) is 7.70. The molecule has 2 rings (SSSR count). The van der Waals surface area contributed by atoms with E-state index in [1.54, 1.807) is 6.20 Å². The molecule has 4 heteroatoms. The molecule has 1 atom stereocenters. The van der Waals surface area contributed by atoms with Crippen molar-refractivity contribution in [3.8, 4) is 6.07 Å². The maximum atomic E-state index is 12.3. The minimum Gasteiger partial charge on any atom is -0.376 e. The first-order chi connectivity index (χ1) is 11.1. The van der Waals surface area contributed by atoms with Crippen molar-refractivity contribution < 1.29 is 4.79 Å². The lowest BCUT2D eigenvalue weighted by Gasteiger charge is -2.30. The molecule has 4 nitrogen and oxygen atoms in total. The van der Waals surface area contributed by atoms with Crippen LogP contribution in [-0.2, 0) is 4.79 Å². The van der Waals surface area contributed by atoms with Crippen LogP contribution in [0.4, 0.5) is 0 Å². The zero-order valence-corrected chi connectivity index (χ0v) is 14.0. The van der Waals surface area contributed by atoms with E-state index in [0.29, 0.717) is 6.04 Å². The lowest BCUT2D eigenvalue weighted by molar-refractivity contribution is -0.117. The molecule has 1 unspecified atom stereocenters. The van der Waals surface area contributed by atoms with Gasteiger partial charge in [0, 0.05) is 19.3 Å². The van der Waals surface area contributed by atoms with E-state index >= 15 is 0 Å². The van der Waals surface area contributed by atoms with E-state index in [0.717, 1.165) is 18.4 Å². The number of hydrogen-bond donors (Lipinski definition) is 1. The summed E-state index contributed by atoms with van der Waals surface area (Å²) in [6, 6.07) is 12.1. The van der Waals surface area contributed by atoms with Crippen LogP contribution >= 0.6 is 0 Å². The normalized spacial score (nSPS) is 17.2. The maximum absolute atomic E-state index is 12.3. The highest BCUT2D eigenvalue weighted by Crippen LogP contribution is 2.22. The molecule has 1 aliphatic rings. The van der Waals surface area contributed by atoms with Gasteiger partial charge in [0.05, 0.1) is 6.04 Å². The van der Waals surface area contributed by atoms with Crippen LogP contribution in [0.3, 0.4) is 0 Å². The monoisotopic (exact) mass is 311 g/mol. The zero-order chi connectivity index (χ0) is 16.7. The number of nitrogens with one attached hydrogen (secondary N) is 1. The van der Waals surface area contributed by atoms with Crippen molar-refractivity contribution in [3.05, 3.63) is 47.7 Å². The summed E-state index contributed by atoms with van der Waals surface area (Å²) < 4.78 is 0. The van der Waals surface area contributed by atoms with Crippen LogP contribution in [0.1, 0.15) is 50.6 Å². The molecule has 0 spiro atoms. The van der Waals surface area contributed by atoms with Crippen molar-refractivity contribution in [1.82, 2.24) is 10.2 Å². The molecule has 1 aromatic carbocycles. The van der Waals surface area contributed by atoms with Gasteiger partial charge in [-0.15, -0.1) is 0 Å². The molecule has 1 fully saturated rings. The molecule has 1 saturated carbocycles. The summed E-state index contributed by atoms with van der Waals surface area (Å²) in [5.74, 6) is -0.313. The molecule has 0 heterocycles. The molecule has 0 radical (unpaired) electrons. The van der Waals surface area contributed by atoms with Crippen LogP contribution in [-0.4, -0.2) is 23.9 Å². The van der Waals surface area contributed by atoms with Crippen molar-refractivity contribution in [3.63, 3.8) is 0 Å². The summed E-state index contributed by atoms with van der Waals surface area (Å²) >= 11 is 0. The van der Waals surface area contributed by atoms with Crippen LogP contribution in [0, 0.1) is 11.3 Å². The van der Waals surface area contributed by atoms with Gasteiger partial charge < -0.3 is 10.2 Å². The van der Waals surface area contributed by atoms with E-state index in [1.807, 2.05) is 55.3 Å². The summed E-state index contributed by atoms with van der Waals surface area (Å²) in [4.78, 5) is 14.4. The number of nitriles is 1. The van der Waals surface area contributed by atoms with Gasteiger partial charge in [0.1, 0.15) is 11.6 Å². The molecule has 1 N–H and O–H groups in total. The summed E-state index contributed by atoms with van der Waals surface area (Å²) in [7, 11) is 1.96. The molecule has 122 valence electrons. The topological polar surface area (TPSA) is 56.1 Å². The Morgan fingerprint density at radius 3 is 2.57 bits per heavy atom. The van der Waals surface area contributed by atoms with Gasteiger partial charge in [-0.1, -0.05) is 49.6 Å². The molecule has 0 saturated heterocycles. The zero-order valence-electron chi connectivity index (χ0n) is 14.0. The molecule has 1 aromatic rings. The van der Waals surface area contributed by atoms with Crippen molar-refractivity contribution in [2.75, 3.05) is 7.05 Å². The lowest BCUT2D eigenvalue weighted by atomic mass is 9.94. The number of nitrogens with zero attached hydrogens (tertiary/aromatic N) is 2. The van der Waals surface area contributed by atoms with Gasteiger partial charge in [-0.3, -0.25) is 4.79 Å². The van der Waals surface area contributed by atoms with Crippen molar-refractivity contribution in [2.45, 2.75) is 51.1 Å². The Bertz CT molecular complexity index is 582. The van der Waals surface area contributed by atoms with Crippen LogP contribution in [0.25, 0.3) is 0 Å². The van der Waals surface area contributed by atoms with Crippen LogP contribution in [0.2, 0.25) is 0 Å². The first-order valence-corrected chi connectivity index (χ1v) is 8.31. The highest BCUT2D eigenvalue weighted by Gasteiger charge is 2.19. The van der Waals surface area contributed by atoms with Gasteiger partial charge in [-0.2, -0.15) is 5.26 Å². The van der Waals surface area contributed by atoms with E-state index in [4.69, 9.17) is 0 Å². The molecule has 23 heavy (non-hydrogen) atoms. The molecule has 1 aliphatic carbocycles. The fourth-order valence-electron chi connectivity index (χ4n) is 3.04. The average Bonchev–Trinajstić information content (AvgIpc) is 2.60. The molecule has 0 bridgehead atoms.